The van der Waals surface area contributed by atoms with Gasteiger partial charge >= 0.3 is 0 Å². The van der Waals surface area contributed by atoms with Crippen LogP contribution in [-0.4, -0.2) is 24.9 Å². The van der Waals surface area contributed by atoms with Crippen molar-refractivity contribution in [3.05, 3.63) is 35.4 Å². The molecular formula is C14H19N3OS. The van der Waals surface area contributed by atoms with E-state index in [1.807, 2.05) is 19.1 Å². The van der Waals surface area contributed by atoms with Gasteiger partial charge in [-0.05, 0) is 43.3 Å². The molecule has 1 aromatic rings. The van der Waals surface area contributed by atoms with E-state index in [4.69, 9.17) is 22.2 Å². The van der Waals surface area contributed by atoms with Crippen LogP contribution in [0.5, 0.6) is 0 Å². The van der Waals surface area contributed by atoms with Gasteiger partial charge in [-0.2, -0.15) is 5.26 Å². The number of rotatable bonds is 7. The molecule has 0 bridgehead atoms. The molecular weight excluding hydrogens is 258 g/mol. The van der Waals surface area contributed by atoms with Gasteiger partial charge in [-0.3, -0.25) is 0 Å². The highest BCUT2D eigenvalue weighted by molar-refractivity contribution is 7.80. The van der Waals surface area contributed by atoms with Crippen molar-refractivity contribution in [2.75, 3.05) is 19.8 Å². The van der Waals surface area contributed by atoms with Gasteiger partial charge in [0.25, 0.3) is 0 Å². The molecule has 0 aliphatic rings. The standard InChI is InChI=1S/C14H19N3OS/c1-2-18-9-3-8-16-14(19)17-11-13-6-4-12(10-15)5-7-13/h4-7H,2-3,8-9,11H2,1H3,(H2,16,17,19). The van der Waals surface area contributed by atoms with Crippen molar-refractivity contribution in [3.8, 4) is 6.07 Å². The lowest BCUT2D eigenvalue weighted by Crippen LogP contribution is -2.35. The Bertz CT molecular complexity index is 425. The van der Waals surface area contributed by atoms with Gasteiger partial charge in [0.15, 0.2) is 5.11 Å². The first-order valence-corrected chi connectivity index (χ1v) is 6.75. The molecule has 4 nitrogen and oxygen atoms in total. The molecule has 0 aliphatic carbocycles. The summed E-state index contributed by atoms with van der Waals surface area (Å²) in [6, 6.07) is 9.54. The Kier molecular flexibility index (Phi) is 7.56. The maximum Gasteiger partial charge on any atom is 0.166 e. The normalized spacial score (nSPS) is 9.68. The number of benzene rings is 1. The lowest BCUT2D eigenvalue weighted by Gasteiger charge is -2.10. The van der Waals surface area contributed by atoms with Gasteiger partial charge in [0.1, 0.15) is 0 Å². The summed E-state index contributed by atoms with van der Waals surface area (Å²) in [5.74, 6) is 0. The summed E-state index contributed by atoms with van der Waals surface area (Å²) in [6.07, 6.45) is 0.937. The van der Waals surface area contributed by atoms with Crippen LogP contribution in [0.4, 0.5) is 0 Å². The van der Waals surface area contributed by atoms with E-state index in [1.54, 1.807) is 12.1 Å². The molecule has 0 spiro atoms. The number of nitrogens with one attached hydrogen (secondary N) is 2. The number of hydrogen-bond acceptors (Lipinski definition) is 3. The van der Waals surface area contributed by atoms with Gasteiger partial charge in [-0.25, -0.2) is 0 Å². The zero-order chi connectivity index (χ0) is 13.9. The largest absolute Gasteiger partial charge is 0.382 e. The minimum Gasteiger partial charge on any atom is -0.382 e. The van der Waals surface area contributed by atoms with Crippen LogP contribution in [0.25, 0.3) is 0 Å². The molecule has 0 unspecified atom stereocenters. The molecule has 5 heteroatoms. The Hall–Kier alpha value is -1.64. The second-order valence-electron chi connectivity index (χ2n) is 3.97. The van der Waals surface area contributed by atoms with E-state index in [0.29, 0.717) is 17.2 Å². The molecule has 2 N–H and O–H groups in total. The van der Waals surface area contributed by atoms with Crippen LogP contribution in [0.15, 0.2) is 24.3 Å². The van der Waals surface area contributed by atoms with Gasteiger partial charge in [0.2, 0.25) is 0 Å². The predicted octanol–water partition coefficient (Wildman–Crippen LogP) is 1.95. The fourth-order valence-electron chi connectivity index (χ4n) is 1.46. The summed E-state index contributed by atoms with van der Waals surface area (Å²) >= 11 is 5.16. The lowest BCUT2D eigenvalue weighted by atomic mass is 10.1. The van der Waals surface area contributed by atoms with Crippen LogP contribution in [0.3, 0.4) is 0 Å². The highest BCUT2D eigenvalue weighted by Crippen LogP contribution is 2.02. The van der Waals surface area contributed by atoms with Crippen molar-refractivity contribution in [1.82, 2.24) is 10.6 Å². The molecule has 0 radical (unpaired) electrons. The monoisotopic (exact) mass is 277 g/mol. The Morgan fingerprint density at radius 1 is 1.32 bits per heavy atom. The molecule has 102 valence electrons. The first kappa shape index (κ1) is 15.4. The van der Waals surface area contributed by atoms with E-state index in [-0.39, 0.29) is 0 Å². The molecule has 0 aliphatic heterocycles. The number of nitrogens with zero attached hydrogens (tertiary/aromatic N) is 1. The second kappa shape index (κ2) is 9.31. The third kappa shape index (κ3) is 6.75. The molecule has 0 heterocycles. The quantitative estimate of drug-likeness (QED) is 0.589. The van der Waals surface area contributed by atoms with E-state index in [1.165, 1.54) is 0 Å². The van der Waals surface area contributed by atoms with Crippen LogP contribution in [0.2, 0.25) is 0 Å². The Morgan fingerprint density at radius 3 is 2.68 bits per heavy atom. The van der Waals surface area contributed by atoms with E-state index in [9.17, 15) is 0 Å². The third-order valence-electron chi connectivity index (χ3n) is 2.49. The number of ether oxygens (including phenoxy) is 1. The Morgan fingerprint density at radius 2 is 2.05 bits per heavy atom. The Balaban J connectivity index is 2.17. The van der Waals surface area contributed by atoms with E-state index in [0.717, 1.165) is 31.7 Å². The van der Waals surface area contributed by atoms with E-state index in [2.05, 4.69) is 16.7 Å². The average Bonchev–Trinajstić information content (AvgIpc) is 2.45. The van der Waals surface area contributed by atoms with Crippen molar-refractivity contribution in [3.63, 3.8) is 0 Å². The van der Waals surface area contributed by atoms with E-state index >= 15 is 0 Å². The van der Waals surface area contributed by atoms with Gasteiger partial charge in [-0.1, -0.05) is 12.1 Å². The fraction of sp³-hybridized carbons (Fsp3) is 0.429. The maximum absolute atomic E-state index is 8.70. The first-order chi connectivity index (χ1) is 9.26. The van der Waals surface area contributed by atoms with Gasteiger partial charge in [0, 0.05) is 26.3 Å². The third-order valence-corrected chi connectivity index (χ3v) is 2.78. The van der Waals surface area contributed by atoms with Crippen molar-refractivity contribution < 1.29 is 4.74 Å². The van der Waals surface area contributed by atoms with Crippen LogP contribution < -0.4 is 10.6 Å². The maximum atomic E-state index is 8.70. The van der Waals surface area contributed by atoms with E-state index < -0.39 is 0 Å². The molecule has 1 rings (SSSR count). The molecule has 0 aromatic heterocycles. The van der Waals surface area contributed by atoms with Crippen LogP contribution in [0.1, 0.15) is 24.5 Å². The molecule has 0 fully saturated rings. The number of thiocarbonyl (C=S) groups is 1. The molecule has 0 atom stereocenters. The van der Waals surface area contributed by atoms with Crippen molar-refractivity contribution in [2.45, 2.75) is 19.9 Å². The summed E-state index contributed by atoms with van der Waals surface area (Å²) in [5, 5.41) is 15.6. The second-order valence-corrected chi connectivity index (χ2v) is 4.38. The summed E-state index contributed by atoms with van der Waals surface area (Å²) in [4.78, 5) is 0. The molecule has 0 saturated heterocycles. The summed E-state index contributed by atoms with van der Waals surface area (Å²) in [6.45, 7) is 4.95. The Labute approximate surface area is 119 Å². The van der Waals surface area contributed by atoms with Crippen LogP contribution in [-0.2, 0) is 11.3 Å². The molecule has 0 amide bonds. The minimum absolute atomic E-state index is 0.640. The zero-order valence-corrected chi connectivity index (χ0v) is 11.9. The van der Waals surface area contributed by atoms with Crippen molar-refractivity contribution in [1.29, 1.82) is 5.26 Å². The van der Waals surface area contributed by atoms with Gasteiger partial charge in [0.05, 0.1) is 11.6 Å². The molecule has 19 heavy (non-hydrogen) atoms. The zero-order valence-electron chi connectivity index (χ0n) is 11.1. The molecule has 1 aromatic carbocycles. The molecule has 0 saturated carbocycles. The fourth-order valence-corrected chi connectivity index (χ4v) is 1.64. The number of hydrogen-bond donors (Lipinski definition) is 2. The average molecular weight is 277 g/mol. The minimum atomic E-state index is 0.640. The topological polar surface area (TPSA) is 57.1 Å². The van der Waals surface area contributed by atoms with Gasteiger partial charge < -0.3 is 15.4 Å². The first-order valence-electron chi connectivity index (χ1n) is 6.34. The van der Waals surface area contributed by atoms with Gasteiger partial charge in [-0.15, -0.1) is 0 Å². The summed E-state index contributed by atoms with van der Waals surface area (Å²) in [5.41, 5.74) is 1.76. The predicted molar refractivity (Wildman–Crippen MR) is 79.7 cm³/mol. The highest BCUT2D eigenvalue weighted by Gasteiger charge is 1.97. The van der Waals surface area contributed by atoms with Crippen LogP contribution in [0, 0.1) is 11.3 Å². The van der Waals surface area contributed by atoms with Crippen LogP contribution >= 0.6 is 12.2 Å². The SMILES string of the molecule is CCOCCCNC(=S)NCc1ccc(C#N)cc1. The summed E-state index contributed by atoms with van der Waals surface area (Å²) in [7, 11) is 0. The lowest BCUT2D eigenvalue weighted by molar-refractivity contribution is 0.145. The number of nitriles is 1. The van der Waals surface area contributed by atoms with Crippen molar-refractivity contribution >= 4 is 17.3 Å². The smallest absolute Gasteiger partial charge is 0.166 e. The highest BCUT2D eigenvalue weighted by atomic mass is 32.1. The van der Waals surface area contributed by atoms with Crippen molar-refractivity contribution in [2.24, 2.45) is 0 Å². The summed E-state index contributed by atoms with van der Waals surface area (Å²) < 4.78 is 5.24.